The van der Waals surface area contributed by atoms with Gasteiger partial charge in [-0.3, -0.25) is 14.4 Å². The normalized spacial score (nSPS) is 25.6. The Morgan fingerprint density at radius 2 is 2.09 bits per heavy atom. The van der Waals surface area contributed by atoms with Crippen LogP contribution in [0, 0.1) is 11.6 Å². The highest BCUT2D eigenvalue weighted by Crippen LogP contribution is 2.44. The summed E-state index contributed by atoms with van der Waals surface area (Å²) in [6.45, 7) is 1.97. The van der Waals surface area contributed by atoms with Crippen LogP contribution < -0.4 is 10.7 Å². The number of nitrogens with zero attached hydrogens (tertiary/aromatic N) is 2. The van der Waals surface area contributed by atoms with Gasteiger partial charge in [-0.2, -0.15) is 0 Å². The molecule has 2 aromatic rings. The number of nitrogens with one attached hydrogen (secondary N) is 1. The predicted octanol–water partition coefficient (Wildman–Crippen LogP) is 2.36. The Bertz CT molecular complexity index is 1250. The fraction of sp³-hybridized carbons (Fsp3) is 0.409. The van der Waals surface area contributed by atoms with E-state index < -0.39 is 39.6 Å². The molecule has 2 saturated heterocycles. The molecule has 0 bridgehead atoms. The van der Waals surface area contributed by atoms with Crippen molar-refractivity contribution in [2.24, 2.45) is 0 Å². The van der Waals surface area contributed by atoms with Gasteiger partial charge in [-0.15, -0.1) is 0 Å². The van der Waals surface area contributed by atoms with Crippen molar-refractivity contribution in [2.45, 2.75) is 50.5 Å². The maximum Gasteiger partial charge on any atom is 0.275 e. The predicted molar refractivity (Wildman–Crippen MR) is 112 cm³/mol. The minimum atomic E-state index is -1.02. The maximum atomic E-state index is 14.1. The number of rotatable bonds is 3. The number of carbonyl (C=O) groups is 2. The van der Waals surface area contributed by atoms with E-state index in [-0.39, 0.29) is 47.6 Å². The van der Waals surface area contributed by atoms with E-state index in [0.717, 1.165) is 12.1 Å². The molecule has 2 fully saturated rings. The lowest BCUT2D eigenvalue weighted by Gasteiger charge is -2.45. The first-order chi connectivity index (χ1) is 15.7. The third kappa shape index (κ3) is 3.23. The number of hydrogen-bond donors (Lipinski definition) is 2. The highest BCUT2D eigenvalue weighted by molar-refractivity contribution is 6.30. The van der Waals surface area contributed by atoms with Gasteiger partial charge in [0.1, 0.15) is 22.2 Å². The Morgan fingerprint density at radius 3 is 2.85 bits per heavy atom. The van der Waals surface area contributed by atoms with E-state index in [0.29, 0.717) is 19.4 Å². The van der Waals surface area contributed by atoms with Gasteiger partial charge in [-0.1, -0.05) is 17.7 Å². The number of ether oxygens (including phenoxy) is 1. The average molecular weight is 480 g/mol. The quantitative estimate of drug-likeness (QED) is 0.658. The Balaban J connectivity index is 1.50. The summed E-state index contributed by atoms with van der Waals surface area (Å²) < 4.78 is 34.8. The molecule has 0 spiro atoms. The third-order valence-electron chi connectivity index (χ3n) is 6.69. The summed E-state index contributed by atoms with van der Waals surface area (Å²) in [6, 6.07) is 1.45. The molecule has 0 aliphatic carbocycles. The molecule has 8 nitrogen and oxygen atoms in total. The van der Waals surface area contributed by atoms with Gasteiger partial charge in [0.25, 0.3) is 11.8 Å². The molecular formula is C22H20ClF2N3O5. The number of halogens is 3. The second-order valence-corrected chi connectivity index (χ2v) is 8.92. The van der Waals surface area contributed by atoms with Gasteiger partial charge in [0.2, 0.25) is 5.43 Å². The highest BCUT2D eigenvalue weighted by atomic mass is 35.5. The molecule has 0 saturated carbocycles. The second-order valence-electron chi connectivity index (χ2n) is 8.55. The van der Waals surface area contributed by atoms with Crippen LogP contribution in [0.2, 0.25) is 5.02 Å². The molecular weight excluding hydrogens is 460 g/mol. The Labute approximate surface area is 191 Å². The van der Waals surface area contributed by atoms with Gasteiger partial charge in [0.05, 0.1) is 18.2 Å². The Kier molecular flexibility index (Phi) is 5.17. The second kappa shape index (κ2) is 7.81. The summed E-state index contributed by atoms with van der Waals surface area (Å²) >= 11 is 5.56. The van der Waals surface area contributed by atoms with Crippen LogP contribution in [0.15, 0.2) is 23.1 Å². The molecule has 11 heteroatoms. The molecule has 5 rings (SSSR count). The number of aromatic hydroxyl groups is 1. The Hall–Kier alpha value is -2.98. The first-order valence-corrected chi connectivity index (χ1v) is 10.9. The van der Waals surface area contributed by atoms with Gasteiger partial charge in [0, 0.05) is 31.0 Å². The molecule has 4 heterocycles. The monoisotopic (exact) mass is 479 g/mol. The van der Waals surface area contributed by atoms with Crippen molar-refractivity contribution in [3.63, 3.8) is 0 Å². The number of amides is 2. The summed E-state index contributed by atoms with van der Waals surface area (Å²) in [4.78, 5) is 40.4. The smallest absolute Gasteiger partial charge is 0.275 e. The van der Waals surface area contributed by atoms with E-state index in [1.807, 2.05) is 6.92 Å². The lowest BCUT2D eigenvalue weighted by atomic mass is 9.93. The number of carbonyl (C=O) groups excluding carboxylic acids is 2. The van der Waals surface area contributed by atoms with Crippen LogP contribution in [-0.2, 0) is 11.3 Å². The zero-order valence-electron chi connectivity index (χ0n) is 17.5. The van der Waals surface area contributed by atoms with Crippen molar-refractivity contribution in [3.05, 3.63) is 62.0 Å². The van der Waals surface area contributed by atoms with E-state index in [1.165, 1.54) is 10.8 Å². The van der Waals surface area contributed by atoms with E-state index in [9.17, 15) is 28.3 Å². The van der Waals surface area contributed by atoms with Crippen LogP contribution in [0.4, 0.5) is 8.78 Å². The number of hydrogen-bond acceptors (Lipinski definition) is 5. The zero-order chi connectivity index (χ0) is 23.6. The largest absolute Gasteiger partial charge is 0.503 e. The average Bonchev–Trinajstić information content (AvgIpc) is 3.13. The van der Waals surface area contributed by atoms with E-state index in [1.54, 1.807) is 4.90 Å². The molecule has 3 aliphatic rings. The fourth-order valence-corrected chi connectivity index (χ4v) is 5.35. The number of fused-ring (bicyclic) bond motifs is 2. The van der Waals surface area contributed by atoms with Crippen molar-refractivity contribution >= 4 is 23.4 Å². The zero-order valence-corrected chi connectivity index (χ0v) is 18.2. The summed E-state index contributed by atoms with van der Waals surface area (Å²) in [5.74, 6) is -4.11. The van der Waals surface area contributed by atoms with Gasteiger partial charge in [-0.25, -0.2) is 8.78 Å². The van der Waals surface area contributed by atoms with Crippen molar-refractivity contribution in [1.29, 1.82) is 0 Å². The standard InChI is InChI=1S/C22H20ClF2N3O5/c1-9-6-14-17-13(4-5-33-14)27-8-11(19(29)20(30)18(27)22(32)28(9)17)21(31)26-7-10-2-3-12(24)15(23)16(10)25/h2-3,8-9,13-14,17,30H,4-7H2,1H3,(H,26,31)/t9-,13+,14?,17-/m1/s1. The SMILES string of the molecule is C[C@@H]1CC2OCC[C@H]3[C@H]2N1C(=O)c1c(O)c(=O)c(C(=O)NCc2ccc(F)c(Cl)c2F)cn13. The van der Waals surface area contributed by atoms with Crippen molar-refractivity contribution < 1.29 is 28.2 Å². The molecule has 174 valence electrons. The number of benzene rings is 1. The molecule has 3 aliphatic heterocycles. The van der Waals surface area contributed by atoms with Crippen molar-refractivity contribution in [1.82, 2.24) is 14.8 Å². The summed E-state index contributed by atoms with van der Waals surface area (Å²) in [5, 5.41) is 12.3. The topological polar surface area (TPSA) is 101 Å². The van der Waals surface area contributed by atoms with Gasteiger partial charge in [-0.05, 0) is 25.8 Å². The van der Waals surface area contributed by atoms with Crippen LogP contribution in [-0.4, -0.2) is 51.2 Å². The first-order valence-electron chi connectivity index (χ1n) is 10.5. The van der Waals surface area contributed by atoms with Crippen molar-refractivity contribution in [3.8, 4) is 5.75 Å². The van der Waals surface area contributed by atoms with E-state index in [4.69, 9.17) is 16.3 Å². The highest BCUT2D eigenvalue weighted by Gasteiger charge is 2.53. The van der Waals surface area contributed by atoms with E-state index >= 15 is 0 Å². The molecule has 2 amide bonds. The Morgan fingerprint density at radius 1 is 1.33 bits per heavy atom. The summed E-state index contributed by atoms with van der Waals surface area (Å²) in [6.07, 6.45) is 2.28. The fourth-order valence-electron chi connectivity index (χ4n) is 5.16. The minimum absolute atomic E-state index is 0.0740. The van der Waals surface area contributed by atoms with E-state index in [2.05, 4.69) is 5.32 Å². The third-order valence-corrected chi connectivity index (χ3v) is 7.04. The van der Waals surface area contributed by atoms with Crippen LogP contribution in [0.1, 0.15) is 52.2 Å². The van der Waals surface area contributed by atoms with Crippen LogP contribution >= 0.6 is 11.6 Å². The van der Waals surface area contributed by atoms with Crippen LogP contribution in [0.3, 0.4) is 0 Å². The molecule has 4 atom stereocenters. The molecule has 0 radical (unpaired) electrons. The number of pyridine rings is 1. The van der Waals surface area contributed by atoms with Crippen molar-refractivity contribution in [2.75, 3.05) is 6.61 Å². The summed E-state index contributed by atoms with van der Waals surface area (Å²) in [5.41, 5.74) is -1.61. The number of aromatic nitrogens is 1. The molecule has 33 heavy (non-hydrogen) atoms. The van der Waals surface area contributed by atoms with Crippen LogP contribution in [0.5, 0.6) is 5.75 Å². The lowest BCUT2D eigenvalue weighted by molar-refractivity contribution is -0.0414. The summed E-state index contributed by atoms with van der Waals surface area (Å²) in [7, 11) is 0. The van der Waals surface area contributed by atoms with Gasteiger partial charge >= 0.3 is 0 Å². The molecule has 1 aromatic carbocycles. The van der Waals surface area contributed by atoms with Gasteiger partial charge in [0.15, 0.2) is 11.4 Å². The maximum absolute atomic E-state index is 14.1. The molecule has 2 N–H and O–H groups in total. The lowest BCUT2D eigenvalue weighted by Crippen LogP contribution is -2.55. The first kappa shape index (κ1) is 21.8. The van der Waals surface area contributed by atoms with Crippen LogP contribution in [0.25, 0.3) is 0 Å². The molecule has 1 unspecified atom stereocenters. The minimum Gasteiger partial charge on any atom is -0.503 e. The molecule has 1 aromatic heterocycles. The van der Waals surface area contributed by atoms with Gasteiger partial charge < -0.3 is 24.6 Å².